The van der Waals surface area contributed by atoms with Crippen molar-refractivity contribution in [2.75, 3.05) is 32.8 Å². The van der Waals surface area contributed by atoms with Crippen LogP contribution in [0.5, 0.6) is 0 Å². The minimum Gasteiger partial charge on any atom is -0.436 e. The number of morpholine rings is 1. The van der Waals surface area contributed by atoms with Crippen LogP contribution in [0.25, 0.3) is 11.1 Å². The van der Waals surface area contributed by atoms with Crippen LogP contribution in [0.3, 0.4) is 0 Å². The molecule has 1 aromatic carbocycles. The summed E-state index contributed by atoms with van der Waals surface area (Å²) in [7, 11) is 0. The predicted molar refractivity (Wildman–Crippen MR) is 108 cm³/mol. The van der Waals surface area contributed by atoms with Gasteiger partial charge in [0.1, 0.15) is 5.52 Å². The van der Waals surface area contributed by atoms with Crippen molar-refractivity contribution in [1.82, 2.24) is 15.2 Å². The first-order chi connectivity index (χ1) is 14.2. The molecule has 1 aliphatic rings. The van der Waals surface area contributed by atoms with Crippen LogP contribution >= 0.6 is 0 Å². The highest BCUT2D eigenvalue weighted by molar-refractivity contribution is 5.97. The Balaban J connectivity index is 1.58. The molecule has 1 saturated heterocycles. The quantitative estimate of drug-likeness (QED) is 0.719. The van der Waals surface area contributed by atoms with Crippen LogP contribution in [-0.4, -0.2) is 66.6 Å². The topological polar surface area (TPSA) is 111 Å². The number of ketones is 1. The number of ether oxygens (including phenoxy) is 2. The highest BCUT2D eigenvalue weighted by Crippen LogP contribution is 2.24. The van der Waals surface area contributed by atoms with Crippen molar-refractivity contribution < 1.29 is 28.3 Å². The van der Waals surface area contributed by atoms with Crippen molar-refractivity contribution in [2.45, 2.75) is 33.3 Å². The summed E-state index contributed by atoms with van der Waals surface area (Å²) in [5.74, 6) is -0.837. The summed E-state index contributed by atoms with van der Waals surface area (Å²) < 4.78 is 16.1. The van der Waals surface area contributed by atoms with Crippen molar-refractivity contribution in [3.05, 3.63) is 30.2 Å². The highest BCUT2D eigenvalue weighted by Gasteiger charge is 2.32. The third-order valence-corrected chi connectivity index (χ3v) is 4.57. The van der Waals surface area contributed by atoms with E-state index in [1.807, 2.05) is 20.8 Å². The smallest absolute Gasteiger partial charge is 0.408 e. The Morgan fingerprint density at radius 3 is 2.57 bits per heavy atom. The molecule has 3 rings (SSSR count). The number of fused-ring (bicyclic) bond motifs is 1. The molecule has 9 heteroatoms. The molecule has 2 amide bonds. The number of carbonyl (C=O) groups is 3. The molecule has 1 N–H and O–H groups in total. The standard InChI is InChI=1S/C21H27N3O6/c1-21(2,3)12-17(19(26)24-8-10-28-11-9-24)30-20(27)22-13-15(25)18-23-14-6-4-5-7-16(14)29-18/h4-7,17H,8-13H2,1-3H3,(H,22,27)/t17-/m0/s1. The van der Waals surface area contributed by atoms with Gasteiger partial charge < -0.3 is 24.1 Å². The second-order valence-electron chi connectivity index (χ2n) is 8.36. The number of benzene rings is 1. The van der Waals surface area contributed by atoms with E-state index in [2.05, 4.69) is 10.3 Å². The summed E-state index contributed by atoms with van der Waals surface area (Å²) >= 11 is 0. The van der Waals surface area contributed by atoms with Crippen molar-refractivity contribution in [3.63, 3.8) is 0 Å². The van der Waals surface area contributed by atoms with Gasteiger partial charge in [-0.15, -0.1) is 0 Å². The Bertz CT molecular complexity index is 878. The number of oxazole rings is 1. The Morgan fingerprint density at radius 1 is 1.20 bits per heavy atom. The zero-order valence-electron chi connectivity index (χ0n) is 17.5. The summed E-state index contributed by atoms with van der Waals surface area (Å²) in [6.45, 7) is 7.37. The minimum absolute atomic E-state index is 0.0906. The van der Waals surface area contributed by atoms with Crippen LogP contribution in [0.4, 0.5) is 4.79 Å². The molecule has 0 radical (unpaired) electrons. The fourth-order valence-corrected chi connectivity index (χ4v) is 3.11. The lowest BCUT2D eigenvalue weighted by atomic mass is 9.88. The Kier molecular flexibility index (Phi) is 6.71. The largest absolute Gasteiger partial charge is 0.436 e. The Hall–Kier alpha value is -2.94. The molecule has 2 heterocycles. The molecule has 0 spiro atoms. The fraction of sp³-hybridized carbons (Fsp3) is 0.524. The molecule has 1 aliphatic heterocycles. The lowest BCUT2D eigenvalue weighted by molar-refractivity contribution is -0.145. The zero-order valence-corrected chi connectivity index (χ0v) is 17.5. The molecule has 9 nitrogen and oxygen atoms in total. The lowest BCUT2D eigenvalue weighted by Gasteiger charge is -2.32. The normalized spacial score (nSPS) is 15.6. The van der Waals surface area contributed by atoms with E-state index in [0.29, 0.717) is 43.8 Å². The van der Waals surface area contributed by atoms with Gasteiger partial charge in [0.2, 0.25) is 5.78 Å². The number of hydrogen-bond donors (Lipinski definition) is 1. The van der Waals surface area contributed by atoms with E-state index in [9.17, 15) is 14.4 Å². The van der Waals surface area contributed by atoms with Gasteiger partial charge in [0, 0.05) is 13.1 Å². The zero-order chi connectivity index (χ0) is 21.7. The summed E-state index contributed by atoms with van der Waals surface area (Å²) in [5.41, 5.74) is 0.815. The van der Waals surface area contributed by atoms with Crippen LogP contribution in [0.15, 0.2) is 28.7 Å². The Labute approximate surface area is 174 Å². The van der Waals surface area contributed by atoms with E-state index < -0.39 is 18.0 Å². The molecule has 0 bridgehead atoms. The Morgan fingerprint density at radius 2 is 1.90 bits per heavy atom. The van der Waals surface area contributed by atoms with E-state index >= 15 is 0 Å². The number of Topliss-reactive ketones (excluding diaryl/α,β-unsaturated/α-hetero) is 1. The van der Waals surface area contributed by atoms with Crippen LogP contribution in [-0.2, 0) is 14.3 Å². The van der Waals surface area contributed by atoms with Crippen LogP contribution in [0.1, 0.15) is 37.9 Å². The van der Waals surface area contributed by atoms with E-state index in [-0.39, 0.29) is 23.8 Å². The molecule has 30 heavy (non-hydrogen) atoms. The van der Waals surface area contributed by atoms with Gasteiger partial charge in [-0.25, -0.2) is 9.78 Å². The van der Waals surface area contributed by atoms with Crippen molar-refractivity contribution in [3.8, 4) is 0 Å². The average Bonchev–Trinajstić information content (AvgIpc) is 3.15. The number of hydrogen-bond acceptors (Lipinski definition) is 7. The number of nitrogens with one attached hydrogen (secondary N) is 1. The van der Waals surface area contributed by atoms with Gasteiger partial charge in [0.25, 0.3) is 11.8 Å². The van der Waals surface area contributed by atoms with Gasteiger partial charge in [0.05, 0.1) is 19.8 Å². The van der Waals surface area contributed by atoms with Crippen LogP contribution < -0.4 is 5.32 Å². The number of para-hydroxylation sites is 2. The van der Waals surface area contributed by atoms with E-state index in [1.54, 1.807) is 29.2 Å². The van der Waals surface area contributed by atoms with Crippen LogP contribution in [0.2, 0.25) is 0 Å². The second-order valence-corrected chi connectivity index (χ2v) is 8.36. The molecule has 2 aromatic rings. The maximum absolute atomic E-state index is 12.8. The molecule has 1 fully saturated rings. The van der Waals surface area contributed by atoms with Gasteiger partial charge in [0.15, 0.2) is 11.7 Å². The minimum atomic E-state index is -0.942. The van der Waals surface area contributed by atoms with E-state index in [4.69, 9.17) is 13.9 Å². The van der Waals surface area contributed by atoms with Gasteiger partial charge in [-0.05, 0) is 24.0 Å². The SMILES string of the molecule is CC(C)(C)C[C@H](OC(=O)NCC(=O)c1nc2ccccc2o1)C(=O)N1CCOCC1. The van der Waals surface area contributed by atoms with Crippen molar-refractivity contribution in [1.29, 1.82) is 0 Å². The molecular formula is C21H27N3O6. The lowest BCUT2D eigenvalue weighted by Crippen LogP contribution is -2.48. The van der Waals surface area contributed by atoms with Gasteiger partial charge in [-0.2, -0.15) is 0 Å². The first-order valence-electron chi connectivity index (χ1n) is 9.93. The number of nitrogens with zero attached hydrogens (tertiary/aromatic N) is 2. The van der Waals surface area contributed by atoms with E-state index in [0.717, 1.165) is 0 Å². The third-order valence-electron chi connectivity index (χ3n) is 4.57. The maximum atomic E-state index is 12.8. The molecule has 162 valence electrons. The van der Waals surface area contributed by atoms with Crippen molar-refractivity contribution in [2.24, 2.45) is 5.41 Å². The number of rotatable bonds is 6. The molecule has 1 aromatic heterocycles. The first-order valence-corrected chi connectivity index (χ1v) is 9.93. The second kappa shape index (κ2) is 9.25. The predicted octanol–water partition coefficient (Wildman–Crippen LogP) is 2.40. The summed E-state index contributed by atoms with van der Waals surface area (Å²) in [6.07, 6.45) is -1.42. The monoisotopic (exact) mass is 417 g/mol. The number of alkyl carbamates (subject to hydrolysis) is 1. The molecule has 0 unspecified atom stereocenters. The summed E-state index contributed by atoms with van der Waals surface area (Å²) in [4.78, 5) is 43.2. The fourth-order valence-electron chi connectivity index (χ4n) is 3.11. The number of amides is 2. The molecular weight excluding hydrogens is 390 g/mol. The van der Waals surface area contributed by atoms with Gasteiger partial charge in [-0.3, -0.25) is 9.59 Å². The van der Waals surface area contributed by atoms with Gasteiger partial charge >= 0.3 is 6.09 Å². The maximum Gasteiger partial charge on any atom is 0.408 e. The summed E-state index contributed by atoms with van der Waals surface area (Å²) in [6, 6.07) is 6.99. The average molecular weight is 417 g/mol. The summed E-state index contributed by atoms with van der Waals surface area (Å²) in [5, 5.41) is 2.39. The first kappa shape index (κ1) is 21.8. The van der Waals surface area contributed by atoms with Crippen LogP contribution in [0, 0.1) is 5.41 Å². The number of aromatic nitrogens is 1. The third kappa shape index (κ3) is 5.79. The van der Waals surface area contributed by atoms with Gasteiger partial charge in [-0.1, -0.05) is 32.9 Å². The highest BCUT2D eigenvalue weighted by atomic mass is 16.6. The number of carbonyl (C=O) groups excluding carboxylic acids is 3. The molecule has 0 aliphatic carbocycles. The molecule has 1 atom stereocenters. The van der Waals surface area contributed by atoms with E-state index in [1.165, 1.54) is 0 Å². The molecule has 0 saturated carbocycles. The van der Waals surface area contributed by atoms with Crippen molar-refractivity contribution >= 4 is 28.9 Å².